The van der Waals surface area contributed by atoms with E-state index in [2.05, 4.69) is 12.2 Å². The number of carbonyl (C=O) groups is 1. The molecule has 0 saturated carbocycles. The lowest BCUT2D eigenvalue weighted by atomic mass is 9.99. The lowest BCUT2D eigenvalue weighted by molar-refractivity contribution is 0.0933. The predicted octanol–water partition coefficient (Wildman–Crippen LogP) is 4.70. The molecule has 2 aromatic carbocycles. The van der Waals surface area contributed by atoms with Crippen LogP contribution in [0.15, 0.2) is 30.3 Å². The van der Waals surface area contributed by atoms with Gasteiger partial charge in [-0.15, -0.1) is 0 Å². The van der Waals surface area contributed by atoms with Crippen molar-refractivity contribution in [2.45, 2.75) is 45.6 Å². The van der Waals surface area contributed by atoms with Gasteiger partial charge in [0.05, 0.1) is 33.5 Å². The number of carbonyl (C=O) groups excluding carboxylic acids is 1. The molecule has 6 nitrogen and oxygen atoms in total. The second-order valence-electron chi connectivity index (χ2n) is 7.29. The zero-order chi connectivity index (χ0) is 21.5. The van der Waals surface area contributed by atoms with Gasteiger partial charge >= 0.3 is 0 Å². The third kappa shape index (κ3) is 4.81. The SMILES string of the molecule is CCCC(NC(=O)c1cc(OC)c(OC)cc1CC)c1ccc2c(c1)OCCCO2. The summed E-state index contributed by atoms with van der Waals surface area (Å²) in [4.78, 5) is 13.2. The van der Waals surface area contributed by atoms with Crippen LogP contribution in [-0.2, 0) is 6.42 Å². The van der Waals surface area contributed by atoms with E-state index >= 15 is 0 Å². The fourth-order valence-corrected chi connectivity index (χ4v) is 3.67. The first-order valence-electron chi connectivity index (χ1n) is 10.6. The summed E-state index contributed by atoms with van der Waals surface area (Å²) in [5.41, 5.74) is 2.53. The van der Waals surface area contributed by atoms with Crippen LogP contribution >= 0.6 is 0 Å². The van der Waals surface area contributed by atoms with Crippen molar-refractivity contribution in [2.75, 3.05) is 27.4 Å². The van der Waals surface area contributed by atoms with E-state index in [0.717, 1.165) is 41.9 Å². The van der Waals surface area contributed by atoms with Gasteiger partial charge in [-0.1, -0.05) is 26.3 Å². The fraction of sp³-hybridized carbons (Fsp3) is 0.458. The third-order valence-electron chi connectivity index (χ3n) is 5.29. The van der Waals surface area contributed by atoms with Gasteiger partial charge in [-0.05, 0) is 48.2 Å². The summed E-state index contributed by atoms with van der Waals surface area (Å²) in [7, 11) is 3.17. The van der Waals surface area contributed by atoms with Crippen molar-refractivity contribution in [3.8, 4) is 23.0 Å². The average Bonchev–Trinajstić information content (AvgIpc) is 3.02. The minimum Gasteiger partial charge on any atom is -0.493 e. The number of methoxy groups -OCH3 is 2. The number of rotatable bonds is 8. The molecule has 6 heteroatoms. The zero-order valence-electron chi connectivity index (χ0n) is 18.2. The van der Waals surface area contributed by atoms with E-state index in [-0.39, 0.29) is 11.9 Å². The number of amides is 1. The molecule has 1 N–H and O–H groups in total. The van der Waals surface area contributed by atoms with Gasteiger partial charge in [-0.2, -0.15) is 0 Å². The molecule has 162 valence electrons. The molecule has 3 rings (SSSR count). The van der Waals surface area contributed by atoms with Crippen molar-refractivity contribution in [1.82, 2.24) is 5.32 Å². The van der Waals surface area contributed by atoms with Crippen LogP contribution in [-0.4, -0.2) is 33.3 Å². The van der Waals surface area contributed by atoms with Gasteiger partial charge in [0, 0.05) is 12.0 Å². The van der Waals surface area contributed by atoms with Gasteiger partial charge in [0.2, 0.25) is 0 Å². The van der Waals surface area contributed by atoms with Gasteiger partial charge < -0.3 is 24.3 Å². The number of hydrogen-bond donors (Lipinski definition) is 1. The Balaban J connectivity index is 1.88. The van der Waals surface area contributed by atoms with Crippen LogP contribution in [0.5, 0.6) is 23.0 Å². The Hall–Kier alpha value is -2.89. The first kappa shape index (κ1) is 21.8. The minimum atomic E-state index is -0.127. The van der Waals surface area contributed by atoms with Gasteiger partial charge in [0.15, 0.2) is 23.0 Å². The maximum Gasteiger partial charge on any atom is 0.252 e. The molecular weight excluding hydrogens is 382 g/mol. The smallest absolute Gasteiger partial charge is 0.252 e. The standard InChI is InChI=1S/C24H31NO5/c1-5-8-19(17-9-10-20-23(14-17)30-12-7-11-29-20)25-24(26)18-15-22(28-4)21(27-3)13-16(18)6-2/h9-10,13-15,19H,5-8,11-12H2,1-4H3,(H,25,26). The molecule has 30 heavy (non-hydrogen) atoms. The van der Waals surface area contributed by atoms with Crippen molar-refractivity contribution < 1.29 is 23.7 Å². The van der Waals surface area contributed by atoms with E-state index in [4.69, 9.17) is 18.9 Å². The minimum absolute atomic E-state index is 0.127. The molecule has 0 radical (unpaired) electrons. The van der Waals surface area contributed by atoms with Crippen LogP contribution in [0, 0.1) is 0 Å². The van der Waals surface area contributed by atoms with Crippen LogP contribution in [0.4, 0.5) is 0 Å². The Morgan fingerprint density at radius 3 is 2.40 bits per heavy atom. The topological polar surface area (TPSA) is 66.0 Å². The maximum atomic E-state index is 13.2. The number of ether oxygens (including phenoxy) is 4. The molecule has 1 amide bonds. The van der Waals surface area contributed by atoms with E-state index in [1.165, 1.54) is 0 Å². The van der Waals surface area contributed by atoms with Gasteiger partial charge in [-0.3, -0.25) is 4.79 Å². The van der Waals surface area contributed by atoms with Crippen molar-refractivity contribution >= 4 is 5.91 Å². The van der Waals surface area contributed by atoms with Crippen LogP contribution in [0.3, 0.4) is 0 Å². The Kier molecular flexibility index (Phi) is 7.44. The summed E-state index contributed by atoms with van der Waals surface area (Å²) in [5.74, 6) is 2.53. The zero-order valence-corrected chi connectivity index (χ0v) is 18.2. The second kappa shape index (κ2) is 10.2. The highest BCUT2D eigenvalue weighted by Crippen LogP contribution is 2.34. The van der Waals surface area contributed by atoms with Crippen LogP contribution in [0.2, 0.25) is 0 Å². The summed E-state index contributed by atoms with van der Waals surface area (Å²) in [6.07, 6.45) is 3.33. The Labute approximate surface area is 178 Å². The Bertz CT molecular complexity index is 880. The predicted molar refractivity (Wildman–Crippen MR) is 116 cm³/mol. The molecule has 1 heterocycles. The largest absolute Gasteiger partial charge is 0.493 e. The third-order valence-corrected chi connectivity index (χ3v) is 5.29. The first-order valence-corrected chi connectivity index (χ1v) is 10.6. The summed E-state index contributed by atoms with van der Waals surface area (Å²) in [6.45, 7) is 5.41. The molecule has 2 aromatic rings. The second-order valence-corrected chi connectivity index (χ2v) is 7.29. The molecule has 0 fully saturated rings. The van der Waals surface area contributed by atoms with E-state index in [9.17, 15) is 4.79 Å². The lowest BCUT2D eigenvalue weighted by Crippen LogP contribution is -2.29. The molecule has 0 saturated heterocycles. The lowest BCUT2D eigenvalue weighted by Gasteiger charge is -2.21. The number of aryl methyl sites for hydroxylation is 1. The normalized spacial score (nSPS) is 13.9. The van der Waals surface area contributed by atoms with Crippen LogP contribution in [0.25, 0.3) is 0 Å². The number of nitrogens with one attached hydrogen (secondary N) is 1. The van der Waals surface area contributed by atoms with Crippen LogP contribution < -0.4 is 24.3 Å². The number of hydrogen-bond acceptors (Lipinski definition) is 5. The number of benzene rings is 2. The molecule has 1 atom stereocenters. The molecular formula is C24H31NO5. The highest BCUT2D eigenvalue weighted by Gasteiger charge is 2.21. The van der Waals surface area contributed by atoms with Crippen molar-refractivity contribution in [3.05, 3.63) is 47.0 Å². The molecule has 1 aliphatic heterocycles. The maximum absolute atomic E-state index is 13.2. The molecule has 1 unspecified atom stereocenters. The quantitative estimate of drug-likeness (QED) is 0.680. The Morgan fingerprint density at radius 2 is 1.73 bits per heavy atom. The summed E-state index contributed by atoms with van der Waals surface area (Å²) >= 11 is 0. The Morgan fingerprint density at radius 1 is 1.03 bits per heavy atom. The van der Waals surface area contributed by atoms with Gasteiger partial charge in [0.25, 0.3) is 5.91 Å². The highest BCUT2D eigenvalue weighted by molar-refractivity contribution is 5.96. The average molecular weight is 414 g/mol. The summed E-state index contributed by atoms with van der Waals surface area (Å²) in [6, 6.07) is 9.41. The number of fused-ring (bicyclic) bond motifs is 1. The van der Waals surface area contributed by atoms with Crippen molar-refractivity contribution in [2.24, 2.45) is 0 Å². The van der Waals surface area contributed by atoms with Crippen LogP contribution in [0.1, 0.15) is 60.6 Å². The molecule has 1 aliphatic rings. The molecule has 0 aliphatic carbocycles. The van der Waals surface area contributed by atoms with Crippen molar-refractivity contribution in [3.63, 3.8) is 0 Å². The van der Waals surface area contributed by atoms with E-state index < -0.39 is 0 Å². The summed E-state index contributed by atoms with van der Waals surface area (Å²) in [5, 5.41) is 3.20. The van der Waals surface area contributed by atoms with Gasteiger partial charge in [-0.25, -0.2) is 0 Å². The van der Waals surface area contributed by atoms with Crippen molar-refractivity contribution in [1.29, 1.82) is 0 Å². The van der Waals surface area contributed by atoms with Gasteiger partial charge in [0.1, 0.15) is 0 Å². The molecule has 0 spiro atoms. The van der Waals surface area contributed by atoms with E-state index in [1.54, 1.807) is 20.3 Å². The van der Waals surface area contributed by atoms with E-state index in [1.807, 2.05) is 31.2 Å². The highest BCUT2D eigenvalue weighted by atomic mass is 16.5. The molecule has 0 bridgehead atoms. The van der Waals surface area contributed by atoms with E-state index in [0.29, 0.717) is 36.7 Å². The monoisotopic (exact) mass is 413 g/mol. The molecule has 0 aromatic heterocycles. The first-order chi connectivity index (χ1) is 14.6. The summed E-state index contributed by atoms with van der Waals surface area (Å²) < 4.78 is 22.3. The fourth-order valence-electron chi connectivity index (χ4n) is 3.67.